The summed E-state index contributed by atoms with van der Waals surface area (Å²) in [5, 5.41) is 2.52. The van der Waals surface area contributed by atoms with E-state index in [1.165, 1.54) is 4.90 Å². The van der Waals surface area contributed by atoms with Gasteiger partial charge in [0.1, 0.15) is 18.7 Å². The molecule has 7 heteroatoms. The number of rotatable bonds is 4. The van der Waals surface area contributed by atoms with Gasteiger partial charge < -0.3 is 19.0 Å². The van der Waals surface area contributed by atoms with Gasteiger partial charge in [-0.1, -0.05) is 17.7 Å². The van der Waals surface area contributed by atoms with Crippen molar-refractivity contribution < 1.29 is 18.8 Å². The van der Waals surface area contributed by atoms with Crippen molar-refractivity contribution in [2.24, 2.45) is 0 Å². The number of fused-ring (bicyclic) bond motifs is 2. The summed E-state index contributed by atoms with van der Waals surface area (Å²) < 4.78 is 11.4. The van der Waals surface area contributed by atoms with E-state index in [1.54, 1.807) is 17.4 Å². The SMILES string of the molecule is Cc1ccc2oc3c(c(=O)c2c1)[C@@H](c1cccs1)N(CC[NH+]1CCOCC1)C3=O. The van der Waals surface area contributed by atoms with Crippen LogP contribution in [-0.2, 0) is 4.74 Å². The Morgan fingerprint density at radius 3 is 2.79 bits per heavy atom. The van der Waals surface area contributed by atoms with Crippen molar-refractivity contribution in [3.8, 4) is 0 Å². The molecule has 1 aromatic carbocycles. The molecule has 3 aromatic rings. The number of carbonyl (C=O) groups excluding carboxylic acids is 1. The van der Waals surface area contributed by atoms with Crippen molar-refractivity contribution in [1.82, 2.24) is 4.90 Å². The number of nitrogens with zero attached hydrogens (tertiary/aromatic N) is 1. The van der Waals surface area contributed by atoms with Gasteiger partial charge in [0, 0.05) is 4.88 Å². The number of hydrogen-bond donors (Lipinski definition) is 1. The Hall–Kier alpha value is -2.48. The zero-order valence-corrected chi connectivity index (χ0v) is 17.1. The van der Waals surface area contributed by atoms with Crippen LogP contribution in [0.2, 0.25) is 0 Å². The van der Waals surface area contributed by atoms with Crippen LogP contribution in [0, 0.1) is 6.92 Å². The number of amides is 1. The van der Waals surface area contributed by atoms with Crippen molar-refractivity contribution >= 4 is 28.2 Å². The van der Waals surface area contributed by atoms with Crippen molar-refractivity contribution in [3.05, 3.63) is 67.7 Å². The second kappa shape index (κ2) is 7.40. The molecule has 2 aromatic heterocycles. The fraction of sp³-hybridized carbons (Fsp3) is 0.364. The molecule has 2 aliphatic rings. The van der Waals surface area contributed by atoms with E-state index in [4.69, 9.17) is 9.15 Å². The van der Waals surface area contributed by atoms with E-state index in [2.05, 4.69) is 0 Å². The molecule has 1 saturated heterocycles. The average Bonchev–Trinajstić information content (AvgIpc) is 3.35. The molecule has 0 spiro atoms. The zero-order chi connectivity index (χ0) is 20.0. The molecule has 0 aliphatic carbocycles. The van der Waals surface area contributed by atoms with Gasteiger partial charge >= 0.3 is 0 Å². The van der Waals surface area contributed by atoms with E-state index < -0.39 is 0 Å². The van der Waals surface area contributed by atoms with Crippen molar-refractivity contribution in [3.63, 3.8) is 0 Å². The lowest BCUT2D eigenvalue weighted by molar-refractivity contribution is -0.907. The quantitative estimate of drug-likeness (QED) is 0.709. The first-order valence-electron chi connectivity index (χ1n) is 9.96. The van der Waals surface area contributed by atoms with Crippen LogP contribution in [0.4, 0.5) is 0 Å². The van der Waals surface area contributed by atoms with E-state index in [0.29, 0.717) is 23.1 Å². The second-order valence-corrected chi connectivity index (χ2v) is 8.68. The maximum atomic E-state index is 13.4. The number of morpholine rings is 1. The fourth-order valence-corrected chi connectivity index (χ4v) is 5.14. The third-order valence-electron chi connectivity index (χ3n) is 5.84. The van der Waals surface area contributed by atoms with Crippen LogP contribution in [0.1, 0.15) is 32.6 Å². The third kappa shape index (κ3) is 3.19. The molecule has 4 heterocycles. The Kier molecular flexibility index (Phi) is 4.73. The maximum absolute atomic E-state index is 13.4. The van der Waals surface area contributed by atoms with Gasteiger partial charge in [-0.05, 0) is 30.5 Å². The monoisotopic (exact) mass is 411 g/mol. The molecule has 0 radical (unpaired) electrons. The molecular formula is C22H23N2O4S+. The lowest BCUT2D eigenvalue weighted by Gasteiger charge is -2.28. The van der Waals surface area contributed by atoms with Crippen LogP contribution in [0.3, 0.4) is 0 Å². The van der Waals surface area contributed by atoms with Crippen molar-refractivity contribution in [2.75, 3.05) is 39.4 Å². The van der Waals surface area contributed by atoms with Gasteiger partial charge in [-0.2, -0.15) is 0 Å². The number of thiophene rings is 1. The molecule has 0 unspecified atom stereocenters. The first kappa shape index (κ1) is 18.5. The minimum Gasteiger partial charge on any atom is -0.450 e. The molecule has 1 amide bonds. The normalized spacial score (nSPS) is 19.8. The summed E-state index contributed by atoms with van der Waals surface area (Å²) in [6, 6.07) is 9.09. The molecule has 6 nitrogen and oxygen atoms in total. The molecule has 150 valence electrons. The van der Waals surface area contributed by atoms with Gasteiger partial charge in [0.2, 0.25) is 5.76 Å². The molecule has 5 rings (SSSR count). The Bertz CT molecular complexity index is 1120. The molecule has 29 heavy (non-hydrogen) atoms. The molecule has 2 aliphatic heterocycles. The summed E-state index contributed by atoms with van der Waals surface area (Å²) in [5.41, 5.74) is 1.85. The van der Waals surface area contributed by atoms with Gasteiger partial charge in [0.15, 0.2) is 5.43 Å². The van der Waals surface area contributed by atoms with Crippen LogP contribution < -0.4 is 10.3 Å². The topological polar surface area (TPSA) is 64.2 Å². The third-order valence-corrected chi connectivity index (χ3v) is 6.76. The largest absolute Gasteiger partial charge is 0.450 e. The standard InChI is InChI=1S/C22H22N2O4S/c1-14-4-5-16-15(13-14)20(25)18-19(17-3-2-12-29-17)24(22(26)21(18)28-16)7-6-23-8-10-27-11-9-23/h2-5,12-13,19H,6-11H2,1H3/p+1/t19-/m1/s1. The zero-order valence-electron chi connectivity index (χ0n) is 16.3. The van der Waals surface area contributed by atoms with Crippen molar-refractivity contribution in [1.29, 1.82) is 0 Å². The number of aryl methyl sites for hydroxylation is 1. The van der Waals surface area contributed by atoms with E-state index >= 15 is 0 Å². The first-order valence-corrected chi connectivity index (χ1v) is 10.8. The summed E-state index contributed by atoms with van der Waals surface area (Å²) in [4.78, 5) is 31.0. The number of carbonyl (C=O) groups is 1. The van der Waals surface area contributed by atoms with Crippen LogP contribution in [0.25, 0.3) is 11.0 Å². The van der Waals surface area contributed by atoms with Crippen molar-refractivity contribution in [2.45, 2.75) is 13.0 Å². The first-order chi connectivity index (χ1) is 14.1. The highest BCUT2D eigenvalue weighted by Gasteiger charge is 2.43. The molecule has 1 fully saturated rings. The van der Waals surface area contributed by atoms with Crippen LogP contribution in [0.15, 0.2) is 44.9 Å². The summed E-state index contributed by atoms with van der Waals surface area (Å²) in [7, 11) is 0. The molecular weight excluding hydrogens is 388 g/mol. The Morgan fingerprint density at radius 2 is 2.03 bits per heavy atom. The smallest absolute Gasteiger partial charge is 0.291 e. The van der Waals surface area contributed by atoms with Gasteiger partial charge in [-0.15, -0.1) is 11.3 Å². The molecule has 0 saturated carbocycles. The number of quaternary nitrogens is 1. The lowest BCUT2D eigenvalue weighted by Crippen LogP contribution is -3.14. The lowest BCUT2D eigenvalue weighted by atomic mass is 10.0. The number of hydrogen-bond acceptors (Lipinski definition) is 5. The highest BCUT2D eigenvalue weighted by atomic mass is 32.1. The maximum Gasteiger partial charge on any atom is 0.291 e. The number of ether oxygens (including phenoxy) is 1. The molecule has 0 bridgehead atoms. The Morgan fingerprint density at radius 1 is 1.21 bits per heavy atom. The minimum atomic E-state index is -0.376. The van der Waals surface area contributed by atoms with E-state index in [-0.39, 0.29) is 23.1 Å². The number of benzene rings is 1. The molecule has 1 atom stereocenters. The number of nitrogens with one attached hydrogen (secondary N) is 1. The Balaban J connectivity index is 1.58. The van der Waals surface area contributed by atoms with Crippen LogP contribution >= 0.6 is 11.3 Å². The highest BCUT2D eigenvalue weighted by molar-refractivity contribution is 7.10. The Labute approximate surface area is 172 Å². The summed E-state index contributed by atoms with van der Waals surface area (Å²) in [6.45, 7) is 6.75. The van der Waals surface area contributed by atoms with E-state index in [9.17, 15) is 9.59 Å². The highest BCUT2D eigenvalue weighted by Crippen LogP contribution is 2.39. The summed E-state index contributed by atoms with van der Waals surface area (Å²) in [5.74, 6) is 0.00682. The second-order valence-electron chi connectivity index (χ2n) is 7.70. The van der Waals surface area contributed by atoms with E-state index in [1.807, 2.05) is 41.5 Å². The summed E-state index contributed by atoms with van der Waals surface area (Å²) >= 11 is 1.57. The van der Waals surface area contributed by atoms with Gasteiger partial charge in [0.05, 0.1) is 43.3 Å². The van der Waals surface area contributed by atoms with Gasteiger partial charge in [0.25, 0.3) is 5.91 Å². The predicted octanol–water partition coefficient (Wildman–Crippen LogP) is 1.62. The fourth-order valence-electron chi connectivity index (χ4n) is 4.30. The van der Waals surface area contributed by atoms with Gasteiger partial charge in [-0.25, -0.2) is 0 Å². The van der Waals surface area contributed by atoms with Crippen LogP contribution in [0.5, 0.6) is 0 Å². The van der Waals surface area contributed by atoms with E-state index in [0.717, 1.165) is 43.3 Å². The predicted molar refractivity (Wildman–Crippen MR) is 111 cm³/mol. The van der Waals surface area contributed by atoms with Gasteiger partial charge in [-0.3, -0.25) is 9.59 Å². The minimum absolute atomic E-state index is 0.0991. The van der Waals surface area contributed by atoms with Crippen LogP contribution in [-0.4, -0.2) is 50.2 Å². The average molecular weight is 412 g/mol. The molecule has 1 N–H and O–H groups in total. The summed E-state index contributed by atoms with van der Waals surface area (Å²) in [6.07, 6.45) is 0.